The summed E-state index contributed by atoms with van der Waals surface area (Å²) in [6, 6.07) is 4.91. The van der Waals surface area contributed by atoms with Crippen molar-refractivity contribution in [3.8, 4) is 0 Å². The van der Waals surface area contributed by atoms with E-state index in [0.717, 1.165) is 0 Å². The van der Waals surface area contributed by atoms with Crippen molar-refractivity contribution in [3.05, 3.63) is 30.1 Å². The van der Waals surface area contributed by atoms with Crippen LogP contribution in [0.25, 0.3) is 0 Å². The average molecular weight is 235 g/mol. The molecule has 3 N–H and O–H groups in total. The Kier molecular flexibility index (Phi) is 3.16. The van der Waals surface area contributed by atoms with Gasteiger partial charge in [-0.05, 0) is 12.1 Å². The largest absolute Gasteiger partial charge is 0.377 e. The number of rotatable bonds is 3. The van der Waals surface area contributed by atoms with Crippen molar-refractivity contribution in [2.45, 2.75) is 12.0 Å². The Balaban J connectivity index is 1.89. The molecule has 1 aromatic heterocycles. The highest BCUT2D eigenvalue weighted by Crippen LogP contribution is 2.17. The fourth-order valence-corrected chi connectivity index (χ4v) is 1.52. The molecule has 0 radical (unpaired) electrons. The molecule has 6 nitrogen and oxygen atoms in total. The van der Waals surface area contributed by atoms with E-state index in [1.54, 1.807) is 12.1 Å². The molecule has 0 spiro atoms. The molecule has 2 amide bonds. The first-order chi connectivity index (χ1) is 8.09. The zero-order chi connectivity index (χ0) is 12.3. The van der Waals surface area contributed by atoms with Crippen molar-refractivity contribution in [1.82, 2.24) is 10.3 Å². The minimum absolute atomic E-state index is 0.0750. The first kappa shape index (κ1) is 11.7. The lowest BCUT2D eigenvalue weighted by Gasteiger charge is -2.36. The van der Waals surface area contributed by atoms with Gasteiger partial charge in [0.25, 0.3) is 5.91 Å². The van der Waals surface area contributed by atoms with Gasteiger partial charge < -0.3 is 10.5 Å². The van der Waals surface area contributed by atoms with Crippen LogP contribution in [-0.4, -0.2) is 35.6 Å². The molecule has 2 heterocycles. The van der Waals surface area contributed by atoms with Crippen LogP contribution in [0.15, 0.2) is 24.4 Å². The number of hydrogen-bond donors (Lipinski definition) is 2. The summed E-state index contributed by atoms with van der Waals surface area (Å²) in [5.41, 5.74) is 5.38. The number of ether oxygens (including phenoxy) is 1. The van der Waals surface area contributed by atoms with E-state index in [-0.39, 0.29) is 12.1 Å². The van der Waals surface area contributed by atoms with Gasteiger partial charge in [0.15, 0.2) is 0 Å². The Morgan fingerprint density at radius 3 is 2.76 bits per heavy atom. The third kappa shape index (κ3) is 2.86. The van der Waals surface area contributed by atoms with Crippen LogP contribution in [0.4, 0.5) is 0 Å². The molecule has 0 bridgehead atoms. The Morgan fingerprint density at radius 2 is 2.24 bits per heavy atom. The van der Waals surface area contributed by atoms with Gasteiger partial charge >= 0.3 is 0 Å². The number of carbonyl (C=O) groups excluding carboxylic acids is 2. The quantitative estimate of drug-likeness (QED) is 0.733. The summed E-state index contributed by atoms with van der Waals surface area (Å²) in [4.78, 5) is 27.0. The Hall–Kier alpha value is -1.79. The van der Waals surface area contributed by atoms with E-state index in [1.807, 2.05) is 0 Å². The molecular formula is C11H13N3O3. The summed E-state index contributed by atoms with van der Waals surface area (Å²) in [6.45, 7) is 0.691. The minimum Gasteiger partial charge on any atom is -0.377 e. The molecule has 0 atom stereocenters. The standard InChI is InChI=1S/C11H13N3O3/c12-11(6-17-7-11)5-9(15)14-10(16)8-3-1-2-4-13-8/h1-4H,5-7,12H2,(H,14,15,16). The van der Waals surface area contributed by atoms with Crippen molar-refractivity contribution < 1.29 is 14.3 Å². The van der Waals surface area contributed by atoms with Crippen LogP contribution in [0.3, 0.4) is 0 Å². The van der Waals surface area contributed by atoms with Gasteiger partial charge in [0.1, 0.15) is 5.69 Å². The molecule has 1 aliphatic rings. The smallest absolute Gasteiger partial charge is 0.276 e. The van der Waals surface area contributed by atoms with Gasteiger partial charge in [0, 0.05) is 12.6 Å². The maximum atomic E-state index is 11.6. The minimum atomic E-state index is -0.630. The fourth-order valence-electron chi connectivity index (χ4n) is 1.52. The van der Waals surface area contributed by atoms with E-state index < -0.39 is 17.4 Å². The lowest BCUT2D eigenvalue weighted by molar-refractivity contribution is -0.127. The predicted molar refractivity (Wildman–Crippen MR) is 59.1 cm³/mol. The molecule has 90 valence electrons. The van der Waals surface area contributed by atoms with E-state index in [4.69, 9.17) is 10.5 Å². The second kappa shape index (κ2) is 4.60. The normalized spacial score (nSPS) is 17.0. The van der Waals surface area contributed by atoms with Gasteiger partial charge in [-0.1, -0.05) is 6.07 Å². The number of aromatic nitrogens is 1. The molecule has 2 rings (SSSR count). The summed E-state index contributed by atoms with van der Waals surface area (Å²) in [7, 11) is 0. The van der Waals surface area contributed by atoms with Crippen molar-refractivity contribution in [2.75, 3.05) is 13.2 Å². The lowest BCUT2D eigenvalue weighted by Crippen LogP contribution is -2.59. The number of hydrogen-bond acceptors (Lipinski definition) is 5. The van der Waals surface area contributed by atoms with Crippen LogP contribution in [0.1, 0.15) is 16.9 Å². The number of nitrogens with one attached hydrogen (secondary N) is 1. The van der Waals surface area contributed by atoms with E-state index in [9.17, 15) is 9.59 Å². The third-order valence-corrected chi connectivity index (χ3v) is 2.44. The monoisotopic (exact) mass is 235 g/mol. The summed E-state index contributed by atoms with van der Waals surface area (Å²) >= 11 is 0. The van der Waals surface area contributed by atoms with Gasteiger partial charge in [0.2, 0.25) is 5.91 Å². The van der Waals surface area contributed by atoms with Crippen LogP contribution in [0.2, 0.25) is 0 Å². The van der Waals surface area contributed by atoms with E-state index in [0.29, 0.717) is 13.2 Å². The summed E-state index contributed by atoms with van der Waals surface area (Å²) < 4.78 is 4.93. The highest BCUT2D eigenvalue weighted by Gasteiger charge is 2.36. The highest BCUT2D eigenvalue weighted by molar-refractivity contribution is 6.03. The van der Waals surface area contributed by atoms with Gasteiger partial charge in [-0.3, -0.25) is 19.9 Å². The summed E-state index contributed by atoms with van der Waals surface area (Å²) in [6.07, 6.45) is 1.56. The summed E-state index contributed by atoms with van der Waals surface area (Å²) in [5.74, 6) is -0.925. The number of pyridine rings is 1. The molecule has 0 saturated carbocycles. The zero-order valence-corrected chi connectivity index (χ0v) is 9.18. The Labute approximate surface area is 98.2 Å². The Morgan fingerprint density at radius 1 is 1.47 bits per heavy atom. The molecule has 1 fully saturated rings. The number of nitrogens with two attached hydrogens (primary N) is 1. The summed E-state index contributed by atoms with van der Waals surface area (Å²) in [5, 5.41) is 2.24. The predicted octanol–water partition coefficient (Wildman–Crippen LogP) is -0.544. The second-order valence-corrected chi connectivity index (χ2v) is 4.12. The van der Waals surface area contributed by atoms with Crippen molar-refractivity contribution in [3.63, 3.8) is 0 Å². The topological polar surface area (TPSA) is 94.3 Å². The Bertz CT molecular complexity index is 429. The van der Waals surface area contributed by atoms with Crippen LogP contribution in [0, 0.1) is 0 Å². The number of imide groups is 1. The maximum Gasteiger partial charge on any atom is 0.276 e. The first-order valence-electron chi connectivity index (χ1n) is 5.21. The van der Waals surface area contributed by atoms with E-state index in [2.05, 4.69) is 10.3 Å². The number of nitrogens with zero attached hydrogens (tertiary/aromatic N) is 1. The van der Waals surface area contributed by atoms with Crippen molar-refractivity contribution in [1.29, 1.82) is 0 Å². The van der Waals surface area contributed by atoms with Gasteiger partial charge in [0.05, 0.1) is 18.8 Å². The molecule has 1 aliphatic heterocycles. The molecule has 1 saturated heterocycles. The van der Waals surface area contributed by atoms with Gasteiger partial charge in [-0.25, -0.2) is 0 Å². The number of carbonyl (C=O) groups is 2. The second-order valence-electron chi connectivity index (χ2n) is 4.12. The van der Waals surface area contributed by atoms with Gasteiger partial charge in [-0.2, -0.15) is 0 Å². The molecule has 0 unspecified atom stereocenters. The van der Waals surface area contributed by atoms with Crippen molar-refractivity contribution in [2.24, 2.45) is 5.73 Å². The van der Waals surface area contributed by atoms with Crippen LogP contribution < -0.4 is 11.1 Å². The fraction of sp³-hybridized carbons (Fsp3) is 0.364. The first-order valence-corrected chi connectivity index (χ1v) is 5.21. The zero-order valence-electron chi connectivity index (χ0n) is 9.18. The molecule has 0 aromatic carbocycles. The molecular weight excluding hydrogens is 222 g/mol. The average Bonchev–Trinajstić information content (AvgIpc) is 2.28. The van der Waals surface area contributed by atoms with Crippen LogP contribution in [0.5, 0.6) is 0 Å². The van der Waals surface area contributed by atoms with E-state index in [1.165, 1.54) is 12.3 Å². The third-order valence-electron chi connectivity index (χ3n) is 2.44. The SMILES string of the molecule is NC1(CC(=O)NC(=O)c2ccccn2)COC1. The molecule has 17 heavy (non-hydrogen) atoms. The highest BCUT2D eigenvalue weighted by atomic mass is 16.5. The van der Waals surface area contributed by atoms with Crippen LogP contribution >= 0.6 is 0 Å². The van der Waals surface area contributed by atoms with Crippen LogP contribution in [-0.2, 0) is 9.53 Å². The lowest BCUT2D eigenvalue weighted by atomic mass is 9.94. The van der Waals surface area contributed by atoms with Crippen molar-refractivity contribution >= 4 is 11.8 Å². The van der Waals surface area contributed by atoms with E-state index >= 15 is 0 Å². The molecule has 1 aromatic rings. The molecule has 6 heteroatoms. The maximum absolute atomic E-state index is 11.6. The molecule has 0 aliphatic carbocycles. The number of amides is 2. The van der Waals surface area contributed by atoms with Gasteiger partial charge in [-0.15, -0.1) is 0 Å².